The SMILES string of the molecule is CCc1ccc(S(=O)(=O)N2C[C@@H]3CN(C(C)=O)[C@@H](c4ccccc4C)[C@@H]3C2)s1.O=CO. The maximum atomic E-state index is 13.2. The van der Waals surface area contributed by atoms with Gasteiger partial charge in [0.05, 0.1) is 6.04 Å². The predicted molar refractivity (Wildman–Crippen MR) is 119 cm³/mol. The highest BCUT2D eigenvalue weighted by Crippen LogP contribution is 2.47. The Morgan fingerprint density at radius 3 is 2.45 bits per heavy atom. The quantitative estimate of drug-likeness (QED) is 0.702. The zero-order valence-electron chi connectivity index (χ0n) is 17.9. The fraction of sp³-hybridized carbons (Fsp3) is 0.455. The van der Waals surface area contributed by atoms with Gasteiger partial charge in [-0.05, 0) is 42.5 Å². The molecule has 1 N–H and O–H groups in total. The molecular formula is C22H28N2O5S2. The Morgan fingerprint density at radius 1 is 1.19 bits per heavy atom. The molecule has 0 unspecified atom stereocenters. The number of thiophene rings is 1. The van der Waals surface area contributed by atoms with E-state index in [1.165, 1.54) is 11.3 Å². The van der Waals surface area contributed by atoms with Crippen LogP contribution in [0.5, 0.6) is 0 Å². The Morgan fingerprint density at radius 2 is 1.87 bits per heavy atom. The van der Waals surface area contributed by atoms with Gasteiger partial charge in [-0.15, -0.1) is 11.3 Å². The first kappa shape index (κ1) is 23.4. The zero-order valence-corrected chi connectivity index (χ0v) is 19.5. The van der Waals surface area contributed by atoms with Gasteiger partial charge < -0.3 is 10.0 Å². The Hall–Kier alpha value is -2.23. The van der Waals surface area contributed by atoms with Gasteiger partial charge in [-0.3, -0.25) is 9.59 Å². The van der Waals surface area contributed by atoms with Crippen molar-refractivity contribution in [1.29, 1.82) is 0 Å². The highest BCUT2D eigenvalue weighted by atomic mass is 32.2. The number of sulfonamides is 1. The highest BCUT2D eigenvalue weighted by molar-refractivity contribution is 7.91. The van der Waals surface area contributed by atoms with Crippen molar-refractivity contribution in [3.8, 4) is 0 Å². The van der Waals surface area contributed by atoms with Crippen LogP contribution in [0.3, 0.4) is 0 Å². The molecule has 0 spiro atoms. The third kappa shape index (κ3) is 4.53. The molecule has 2 aliphatic rings. The molecule has 1 amide bonds. The molecule has 0 bridgehead atoms. The van der Waals surface area contributed by atoms with Crippen molar-refractivity contribution in [3.63, 3.8) is 0 Å². The number of benzene rings is 1. The molecule has 0 aliphatic carbocycles. The van der Waals surface area contributed by atoms with Gasteiger partial charge in [0.2, 0.25) is 5.91 Å². The largest absolute Gasteiger partial charge is 0.483 e. The lowest BCUT2D eigenvalue weighted by Crippen LogP contribution is -2.36. The number of carbonyl (C=O) groups excluding carboxylic acids is 1. The van der Waals surface area contributed by atoms with Crippen molar-refractivity contribution in [2.75, 3.05) is 19.6 Å². The molecule has 2 aliphatic heterocycles. The second kappa shape index (κ2) is 9.50. The van der Waals surface area contributed by atoms with Gasteiger partial charge in [0.1, 0.15) is 4.21 Å². The Kier molecular flexibility index (Phi) is 7.18. The monoisotopic (exact) mass is 464 g/mol. The molecular weight excluding hydrogens is 436 g/mol. The van der Waals surface area contributed by atoms with E-state index in [9.17, 15) is 13.2 Å². The molecule has 9 heteroatoms. The van der Waals surface area contributed by atoms with Gasteiger partial charge in [0.25, 0.3) is 16.5 Å². The van der Waals surface area contributed by atoms with E-state index in [0.717, 1.165) is 22.4 Å². The maximum absolute atomic E-state index is 13.2. The fourth-order valence-corrected chi connectivity index (χ4v) is 7.64. The number of hydrogen-bond donors (Lipinski definition) is 1. The molecule has 4 rings (SSSR count). The van der Waals surface area contributed by atoms with Crippen molar-refractivity contribution < 1.29 is 23.1 Å². The summed E-state index contributed by atoms with van der Waals surface area (Å²) in [6.45, 7) is 7.02. The van der Waals surface area contributed by atoms with Crippen molar-refractivity contribution in [1.82, 2.24) is 9.21 Å². The van der Waals surface area contributed by atoms with E-state index < -0.39 is 10.0 Å². The first-order valence-corrected chi connectivity index (χ1v) is 12.5. The number of hydrogen-bond acceptors (Lipinski definition) is 5. The number of carbonyl (C=O) groups is 2. The van der Waals surface area contributed by atoms with Gasteiger partial charge in [-0.1, -0.05) is 31.2 Å². The van der Waals surface area contributed by atoms with E-state index in [4.69, 9.17) is 9.90 Å². The Labute approximate surface area is 187 Å². The smallest absolute Gasteiger partial charge is 0.290 e. The lowest BCUT2D eigenvalue weighted by Gasteiger charge is -2.30. The first-order chi connectivity index (χ1) is 14.7. The number of amides is 1. The zero-order chi connectivity index (χ0) is 22.8. The molecule has 3 heterocycles. The average Bonchev–Trinajstić information content (AvgIpc) is 3.43. The van der Waals surface area contributed by atoms with Crippen LogP contribution in [0.4, 0.5) is 0 Å². The molecule has 2 aromatic rings. The molecule has 2 saturated heterocycles. The van der Waals surface area contributed by atoms with E-state index in [0.29, 0.717) is 23.8 Å². The van der Waals surface area contributed by atoms with Crippen molar-refractivity contribution in [3.05, 3.63) is 52.4 Å². The van der Waals surface area contributed by atoms with Gasteiger partial charge >= 0.3 is 0 Å². The minimum absolute atomic E-state index is 0.0570. The third-order valence-electron chi connectivity index (χ3n) is 6.12. The minimum Gasteiger partial charge on any atom is -0.483 e. The second-order valence-corrected chi connectivity index (χ2v) is 11.2. The average molecular weight is 465 g/mol. The number of fused-ring (bicyclic) bond motifs is 1. The van der Waals surface area contributed by atoms with Gasteiger partial charge in [0, 0.05) is 37.4 Å². The molecule has 168 valence electrons. The maximum Gasteiger partial charge on any atom is 0.290 e. The van der Waals surface area contributed by atoms with Crippen LogP contribution in [0.2, 0.25) is 0 Å². The van der Waals surface area contributed by atoms with Crippen LogP contribution in [-0.4, -0.2) is 54.7 Å². The summed E-state index contributed by atoms with van der Waals surface area (Å²) in [5, 5.41) is 6.89. The number of carboxylic acid groups (broad SMARTS) is 1. The number of rotatable bonds is 4. The molecule has 0 saturated carbocycles. The van der Waals surface area contributed by atoms with E-state index in [1.54, 1.807) is 17.3 Å². The number of aryl methyl sites for hydroxylation is 2. The highest BCUT2D eigenvalue weighted by Gasteiger charge is 2.51. The summed E-state index contributed by atoms with van der Waals surface area (Å²) in [7, 11) is -3.48. The molecule has 1 aromatic carbocycles. The fourth-order valence-electron chi connectivity index (χ4n) is 4.66. The summed E-state index contributed by atoms with van der Waals surface area (Å²) < 4.78 is 28.4. The van der Waals surface area contributed by atoms with Crippen LogP contribution < -0.4 is 0 Å². The lowest BCUT2D eigenvalue weighted by molar-refractivity contribution is -0.130. The van der Waals surface area contributed by atoms with Crippen LogP contribution in [-0.2, 0) is 26.0 Å². The molecule has 0 radical (unpaired) electrons. The third-order valence-corrected chi connectivity index (χ3v) is 9.65. The molecule has 2 fully saturated rings. The van der Waals surface area contributed by atoms with Crippen molar-refractivity contribution in [2.45, 2.75) is 37.4 Å². The van der Waals surface area contributed by atoms with Gasteiger partial charge in [-0.25, -0.2) is 8.42 Å². The van der Waals surface area contributed by atoms with Gasteiger partial charge in [0.15, 0.2) is 0 Å². The molecule has 7 nitrogen and oxygen atoms in total. The summed E-state index contributed by atoms with van der Waals surface area (Å²) in [5.41, 5.74) is 2.28. The summed E-state index contributed by atoms with van der Waals surface area (Å²) in [4.78, 5) is 23.7. The van der Waals surface area contributed by atoms with Crippen molar-refractivity contribution >= 4 is 33.7 Å². The Bertz CT molecular complexity index is 1050. The predicted octanol–water partition coefficient (Wildman–Crippen LogP) is 3.16. The van der Waals surface area contributed by atoms with Crippen LogP contribution in [0.25, 0.3) is 0 Å². The summed E-state index contributed by atoms with van der Waals surface area (Å²) in [5.74, 6) is 0.363. The van der Waals surface area contributed by atoms with E-state index in [1.807, 2.05) is 30.0 Å². The molecule has 1 aromatic heterocycles. The normalized spacial score (nSPS) is 23.2. The van der Waals surface area contributed by atoms with Gasteiger partial charge in [-0.2, -0.15) is 4.31 Å². The van der Waals surface area contributed by atoms with Crippen molar-refractivity contribution in [2.24, 2.45) is 11.8 Å². The van der Waals surface area contributed by atoms with E-state index in [-0.39, 0.29) is 30.3 Å². The lowest BCUT2D eigenvalue weighted by atomic mass is 9.87. The second-order valence-electron chi connectivity index (χ2n) is 7.90. The molecule has 31 heavy (non-hydrogen) atoms. The summed E-state index contributed by atoms with van der Waals surface area (Å²) >= 11 is 1.37. The van der Waals surface area contributed by atoms with Crippen LogP contribution in [0, 0.1) is 18.8 Å². The first-order valence-electron chi connectivity index (χ1n) is 10.2. The summed E-state index contributed by atoms with van der Waals surface area (Å²) in [6, 6.07) is 11.7. The minimum atomic E-state index is -3.48. The number of nitrogens with zero attached hydrogens (tertiary/aromatic N) is 2. The Balaban J connectivity index is 0.000000858. The molecule has 3 atom stereocenters. The topological polar surface area (TPSA) is 95.0 Å². The van der Waals surface area contributed by atoms with Crippen LogP contribution in [0.1, 0.15) is 35.9 Å². The van der Waals surface area contributed by atoms with Crippen LogP contribution in [0.15, 0.2) is 40.6 Å². The summed E-state index contributed by atoms with van der Waals surface area (Å²) in [6.07, 6.45) is 0.842. The van der Waals surface area contributed by atoms with E-state index in [2.05, 4.69) is 19.1 Å². The standard InChI is InChI=1S/C21H26N2O3S2.CH2O2/c1-4-17-9-10-20(27-17)28(25,26)22-11-16-12-23(15(3)24)21(19(16)13-22)18-8-6-5-7-14(18)2;2-1-3/h5-10,16,19,21H,4,11-13H2,1-3H3;1H,(H,2,3)/t16-,19-,21+;/m1./s1. The van der Waals surface area contributed by atoms with Crippen LogP contribution >= 0.6 is 11.3 Å². The number of likely N-dealkylation sites (tertiary alicyclic amines) is 1. The van der Waals surface area contributed by atoms with E-state index >= 15 is 0 Å².